The normalized spacial score (nSPS) is 11.1. The fourth-order valence-corrected chi connectivity index (χ4v) is 2.73. The van der Waals surface area contributed by atoms with E-state index in [9.17, 15) is 27.6 Å². The van der Waals surface area contributed by atoms with E-state index in [2.05, 4.69) is 10.3 Å². The summed E-state index contributed by atoms with van der Waals surface area (Å²) in [6, 6.07) is 12.9. The number of nitrogens with one attached hydrogen (secondary N) is 1. The number of aldehydes is 1. The maximum Gasteiger partial charge on any atom is 0.416 e. The average Bonchev–Trinajstić information content (AvgIpc) is 2.75. The topological polar surface area (TPSA) is 90.3 Å². The quantitative estimate of drug-likeness (QED) is 0.599. The van der Waals surface area contributed by atoms with Crippen LogP contribution in [0.15, 0.2) is 65.6 Å². The lowest BCUT2D eigenvalue weighted by molar-refractivity contribution is -0.137. The van der Waals surface area contributed by atoms with Crippen LogP contribution < -0.4 is 10.9 Å². The molecule has 31 heavy (non-hydrogen) atoms. The fourth-order valence-electron chi connectivity index (χ4n) is 2.73. The van der Waals surface area contributed by atoms with Gasteiger partial charge in [0.1, 0.15) is 24.4 Å². The van der Waals surface area contributed by atoms with Gasteiger partial charge in [-0.3, -0.25) is 14.7 Å². The largest absolute Gasteiger partial charge is 0.444 e. The molecule has 0 radical (unpaired) electrons. The predicted octanol–water partition coefficient (Wildman–Crippen LogP) is 3.88. The summed E-state index contributed by atoms with van der Waals surface area (Å²) in [4.78, 5) is 39.8. The van der Waals surface area contributed by atoms with Crippen molar-refractivity contribution in [2.24, 2.45) is 0 Å². The van der Waals surface area contributed by atoms with Crippen LogP contribution >= 0.6 is 0 Å². The van der Waals surface area contributed by atoms with Crippen molar-refractivity contribution in [1.82, 2.24) is 9.55 Å². The van der Waals surface area contributed by atoms with E-state index in [1.54, 1.807) is 24.3 Å². The van der Waals surface area contributed by atoms with E-state index in [1.165, 1.54) is 0 Å². The van der Waals surface area contributed by atoms with E-state index in [0.29, 0.717) is 6.29 Å². The van der Waals surface area contributed by atoms with Crippen molar-refractivity contribution in [3.63, 3.8) is 0 Å². The molecule has 0 atom stereocenters. The molecule has 0 bridgehead atoms. The minimum absolute atomic E-state index is 0.0194. The lowest BCUT2D eigenvalue weighted by Crippen LogP contribution is -2.28. The number of carbonyl (C=O) groups is 2. The van der Waals surface area contributed by atoms with Gasteiger partial charge < -0.3 is 9.53 Å². The third-order valence-corrected chi connectivity index (χ3v) is 4.22. The SMILES string of the molecule is O=CCn1c(-c2ccc(C(F)(F)F)cc2)ncc(NC(=O)OCc2ccccc2)c1=O. The Morgan fingerprint density at radius 1 is 1.10 bits per heavy atom. The van der Waals surface area contributed by atoms with Crippen molar-refractivity contribution in [3.8, 4) is 11.4 Å². The van der Waals surface area contributed by atoms with Crippen LogP contribution in [0.5, 0.6) is 0 Å². The predicted molar refractivity (Wildman–Crippen MR) is 105 cm³/mol. The van der Waals surface area contributed by atoms with Gasteiger partial charge in [-0.05, 0) is 17.7 Å². The van der Waals surface area contributed by atoms with Crippen LogP contribution in [0.1, 0.15) is 11.1 Å². The second-order valence-electron chi connectivity index (χ2n) is 6.34. The molecule has 1 aromatic heterocycles. The van der Waals surface area contributed by atoms with E-state index in [-0.39, 0.29) is 23.7 Å². The number of hydrogen-bond donors (Lipinski definition) is 1. The smallest absolute Gasteiger partial charge is 0.416 e. The molecular weight excluding hydrogens is 415 g/mol. The van der Waals surface area contributed by atoms with Gasteiger partial charge in [-0.1, -0.05) is 42.5 Å². The maximum absolute atomic E-state index is 12.8. The molecule has 10 heteroatoms. The summed E-state index contributed by atoms with van der Waals surface area (Å²) in [6.45, 7) is -0.428. The molecule has 0 saturated heterocycles. The zero-order valence-electron chi connectivity index (χ0n) is 15.9. The Hall–Kier alpha value is -3.95. The van der Waals surface area contributed by atoms with Gasteiger partial charge in [0.25, 0.3) is 5.56 Å². The number of nitrogens with zero attached hydrogens (tertiary/aromatic N) is 2. The molecule has 1 amide bonds. The summed E-state index contributed by atoms with van der Waals surface area (Å²) in [5.41, 5.74) is -0.916. The first-order chi connectivity index (χ1) is 14.8. The minimum atomic E-state index is -4.51. The van der Waals surface area contributed by atoms with E-state index < -0.39 is 29.9 Å². The number of alkyl halides is 3. The number of halogens is 3. The standard InChI is InChI=1S/C21H16F3N3O4/c22-21(23,24)16-8-6-15(7-9-16)18-25-12-17(19(29)27(18)10-11-28)26-20(30)31-13-14-4-2-1-3-5-14/h1-9,11-12H,10,13H2,(H,26,30). The van der Waals surface area contributed by atoms with Gasteiger partial charge >= 0.3 is 12.3 Å². The third kappa shape index (κ3) is 5.35. The first kappa shape index (κ1) is 21.8. The van der Waals surface area contributed by atoms with Crippen molar-refractivity contribution in [1.29, 1.82) is 0 Å². The summed E-state index contributed by atoms with van der Waals surface area (Å²) >= 11 is 0. The molecule has 7 nitrogen and oxygen atoms in total. The van der Waals surface area contributed by atoms with E-state index in [0.717, 1.165) is 40.6 Å². The van der Waals surface area contributed by atoms with Crippen LogP contribution in [-0.2, 0) is 28.9 Å². The number of carbonyl (C=O) groups excluding carboxylic acids is 2. The molecule has 0 saturated carbocycles. The molecule has 0 fully saturated rings. The maximum atomic E-state index is 12.8. The second-order valence-corrected chi connectivity index (χ2v) is 6.34. The van der Waals surface area contributed by atoms with Gasteiger partial charge in [-0.25, -0.2) is 9.78 Å². The fraction of sp³-hybridized carbons (Fsp3) is 0.143. The molecule has 0 aliphatic carbocycles. The molecule has 0 spiro atoms. The zero-order valence-corrected chi connectivity index (χ0v) is 15.9. The Labute approximate surface area is 174 Å². The first-order valence-corrected chi connectivity index (χ1v) is 8.98. The van der Waals surface area contributed by atoms with Crippen LogP contribution in [0.25, 0.3) is 11.4 Å². The Bertz CT molecular complexity index is 1130. The number of amides is 1. The summed E-state index contributed by atoms with van der Waals surface area (Å²) in [6.07, 6.45) is -3.92. The number of benzene rings is 2. The van der Waals surface area contributed by atoms with E-state index in [4.69, 9.17) is 4.74 Å². The zero-order chi connectivity index (χ0) is 22.4. The Morgan fingerprint density at radius 3 is 2.39 bits per heavy atom. The Morgan fingerprint density at radius 2 is 1.77 bits per heavy atom. The highest BCUT2D eigenvalue weighted by Gasteiger charge is 2.30. The molecule has 1 N–H and O–H groups in total. The van der Waals surface area contributed by atoms with E-state index in [1.807, 2.05) is 6.07 Å². The molecular formula is C21H16F3N3O4. The average molecular weight is 431 g/mol. The van der Waals surface area contributed by atoms with Gasteiger partial charge in [0, 0.05) is 5.56 Å². The molecule has 160 valence electrons. The molecule has 3 aromatic rings. The van der Waals surface area contributed by atoms with Crippen molar-refractivity contribution in [2.75, 3.05) is 5.32 Å². The second kappa shape index (κ2) is 9.24. The minimum Gasteiger partial charge on any atom is -0.444 e. The molecule has 0 aliphatic heterocycles. The number of aromatic nitrogens is 2. The summed E-state index contributed by atoms with van der Waals surface area (Å²) in [5, 5.41) is 2.27. The van der Waals surface area contributed by atoms with Crippen LogP contribution in [0.2, 0.25) is 0 Å². The van der Waals surface area contributed by atoms with Crippen LogP contribution in [0, 0.1) is 0 Å². The monoisotopic (exact) mass is 431 g/mol. The number of ether oxygens (including phenoxy) is 1. The molecule has 0 aliphatic rings. The van der Waals surface area contributed by atoms with Crippen molar-refractivity contribution < 1.29 is 27.5 Å². The highest BCUT2D eigenvalue weighted by Crippen LogP contribution is 2.30. The number of rotatable bonds is 6. The molecule has 2 aromatic carbocycles. The Balaban J connectivity index is 1.82. The van der Waals surface area contributed by atoms with Gasteiger partial charge in [-0.15, -0.1) is 0 Å². The summed E-state index contributed by atoms with van der Waals surface area (Å²) < 4.78 is 44.3. The summed E-state index contributed by atoms with van der Waals surface area (Å²) in [5.74, 6) is -0.0194. The Kier molecular flexibility index (Phi) is 6.49. The van der Waals surface area contributed by atoms with Crippen LogP contribution in [0.4, 0.5) is 23.7 Å². The van der Waals surface area contributed by atoms with Crippen LogP contribution in [0.3, 0.4) is 0 Å². The first-order valence-electron chi connectivity index (χ1n) is 8.98. The summed E-state index contributed by atoms with van der Waals surface area (Å²) in [7, 11) is 0. The van der Waals surface area contributed by atoms with E-state index >= 15 is 0 Å². The highest BCUT2D eigenvalue weighted by atomic mass is 19.4. The van der Waals surface area contributed by atoms with Crippen LogP contribution in [-0.4, -0.2) is 21.9 Å². The van der Waals surface area contributed by atoms with Gasteiger partial charge in [-0.2, -0.15) is 13.2 Å². The van der Waals surface area contributed by atoms with Gasteiger partial charge in [0.15, 0.2) is 0 Å². The molecule has 1 heterocycles. The highest BCUT2D eigenvalue weighted by molar-refractivity contribution is 5.84. The lowest BCUT2D eigenvalue weighted by atomic mass is 10.1. The molecule has 0 unspecified atom stereocenters. The van der Waals surface area contributed by atoms with Crippen molar-refractivity contribution in [3.05, 3.63) is 82.3 Å². The van der Waals surface area contributed by atoms with Gasteiger partial charge in [0.05, 0.1) is 18.3 Å². The number of hydrogen-bond acceptors (Lipinski definition) is 5. The van der Waals surface area contributed by atoms with Crippen molar-refractivity contribution >= 4 is 18.1 Å². The molecule has 3 rings (SSSR count). The lowest BCUT2D eigenvalue weighted by Gasteiger charge is -2.13. The third-order valence-electron chi connectivity index (χ3n) is 4.22. The number of anilines is 1. The van der Waals surface area contributed by atoms with Crippen molar-refractivity contribution in [2.45, 2.75) is 19.3 Å². The van der Waals surface area contributed by atoms with Gasteiger partial charge in [0.2, 0.25) is 0 Å².